The Morgan fingerprint density at radius 2 is 2.12 bits per heavy atom. The van der Waals surface area contributed by atoms with Crippen molar-refractivity contribution in [2.24, 2.45) is 0 Å². The van der Waals surface area contributed by atoms with Gasteiger partial charge in [0.15, 0.2) is 0 Å². The van der Waals surface area contributed by atoms with Gasteiger partial charge in [-0.1, -0.05) is 0 Å². The second-order valence-electron chi connectivity index (χ2n) is 3.85. The summed E-state index contributed by atoms with van der Waals surface area (Å²) in [7, 11) is 0. The maximum absolute atomic E-state index is 11.4. The normalized spacial score (nSPS) is 16.1. The highest BCUT2D eigenvalue weighted by atomic mass is 16.5. The quantitative estimate of drug-likeness (QED) is 0.783. The fourth-order valence-electron chi connectivity index (χ4n) is 1.79. The molecule has 1 aliphatic heterocycles. The highest BCUT2D eigenvalue weighted by Gasteiger charge is 2.23. The molecule has 0 spiro atoms. The van der Waals surface area contributed by atoms with E-state index in [0.717, 1.165) is 0 Å². The van der Waals surface area contributed by atoms with E-state index in [0.29, 0.717) is 32.5 Å². The first kappa shape index (κ1) is 13.3. The number of nitrogens with one attached hydrogen (secondary N) is 1. The van der Waals surface area contributed by atoms with E-state index in [2.05, 4.69) is 5.32 Å². The van der Waals surface area contributed by atoms with Crippen LogP contribution in [0.25, 0.3) is 0 Å². The number of nitrogens with zero attached hydrogens (tertiary/aromatic N) is 2. The van der Waals surface area contributed by atoms with E-state index in [1.54, 1.807) is 11.8 Å². The summed E-state index contributed by atoms with van der Waals surface area (Å²) in [5, 5.41) is 11.2. The highest BCUT2D eigenvalue weighted by Crippen LogP contribution is 2.11. The largest absolute Gasteiger partial charge is 0.450 e. The molecule has 0 aromatic rings. The number of likely N-dealkylation sites (tertiary alicyclic amines) is 1. The van der Waals surface area contributed by atoms with Crippen molar-refractivity contribution in [3.05, 3.63) is 0 Å². The Balaban J connectivity index is 2.28. The van der Waals surface area contributed by atoms with Crippen LogP contribution >= 0.6 is 0 Å². The first-order valence-corrected chi connectivity index (χ1v) is 5.75. The number of rotatable bonds is 3. The van der Waals surface area contributed by atoms with E-state index in [1.807, 2.05) is 6.07 Å². The van der Waals surface area contributed by atoms with Crippen LogP contribution in [0.3, 0.4) is 0 Å². The summed E-state index contributed by atoms with van der Waals surface area (Å²) >= 11 is 0. The zero-order valence-electron chi connectivity index (χ0n) is 9.94. The average Bonchev–Trinajstić information content (AvgIpc) is 2.30. The lowest BCUT2D eigenvalue weighted by atomic mass is 10.1. The monoisotopic (exact) mass is 239 g/mol. The number of alkyl carbamates (subject to hydrolysis) is 1. The molecule has 2 amide bonds. The number of amides is 2. The molecule has 0 unspecified atom stereocenters. The minimum Gasteiger partial charge on any atom is -0.450 e. The fourth-order valence-corrected chi connectivity index (χ4v) is 1.79. The molecule has 0 atom stereocenters. The predicted molar refractivity (Wildman–Crippen MR) is 60.0 cm³/mol. The van der Waals surface area contributed by atoms with Crippen molar-refractivity contribution in [1.82, 2.24) is 10.2 Å². The fraction of sp³-hybridized carbons (Fsp3) is 0.727. The van der Waals surface area contributed by atoms with E-state index in [1.165, 1.54) is 0 Å². The van der Waals surface area contributed by atoms with Crippen LogP contribution in [0.5, 0.6) is 0 Å². The lowest BCUT2D eigenvalue weighted by Gasteiger charge is -2.31. The van der Waals surface area contributed by atoms with Gasteiger partial charge in [0.05, 0.1) is 12.7 Å². The number of carbonyl (C=O) groups excluding carboxylic acids is 2. The standard InChI is InChI=1S/C11H17N3O3/c1-2-17-11(16)13-9-4-7-14(8-5-9)10(15)3-6-12/h9H,2-5,7-8H2,1H3,(H,13,16). The topological polar surface area (TPSA) is 82.4 Å². The molecule has 1 heterocycles. The van der Waals surface area contributed by atoms with Crippen molar-refractivity contribution in [2.45, 2.75) is 32.2 Å². The van der Waals surface area contributed by atoms with Gasteiger partial charge in [0.2, 0.25) is 5.91 Å². The van der Waals surface area contributed by atoms with Gasteiger partial charge in [0.1, 0.15) is 6.42 Å². The van der Waals surface area contributed by atoms with Crippen LogP contribution in [0, 0.1) is 11.3 Å². The summed E-state index contributed by atoms with van der Waals surface area (Å²) in [6.07, 6.45) is 0.927. The average molecular weight is 239 g/mol. The Hall–Kier alpha value is -1.77. The van der Waals surface area contributed by atoms with Crippen molar-refractivity contribution in [2.75, 3.05) is 19.7 Å². The molecule has 0 aliphatic carbocycles. The van der Waals surface area contributed by atoms with Crippen molar-refractivity contribution in [1.29, 1.82) is 5.26 Å². The Kier molecular flexibility index (Phi) is 5.27. The zero-order chi connectivity index (χ0) is 12.7. The number of hydrogen-bond acceptors (Lipinski definition) is 4. The molecule has 1 N–H and O–H groups in total. The third-order valence-electron chi connectivity index (χ3n) is 2.68. The molecular weight excluding hydrogens is 222 g/mol. The molecule has 6 heteroatoms. The Bertz CT molecular complexity index is 316. The van der Waals surface area contributed by atoms with Crippen LogP contribution < -0.4 is 5.32 Å². The van der Waals surface area contributed by atoms with E-state index in [-0.39, 0.29) is 18.4 Å². The van der Waals surface area contributed by atoms with Crippen LogP contribution in [-0.2, 0) is 9.53 Å². The van der Waals surface area contributed by atoms with E-state index < -0.39 is 6.09 Å². The summed E-state index contributed by atoms with van der Waals surface area (Å²) in [4.78, 5) is 24.3. The number of piperidine rings is 1. The number of nitriles is 1. The van der Waals surface area contributed by atoms with Crippen LogP contribution in [0.2, 0.25) is 0 Å². The van der Waals surface area contributed by atoms with Gasteiger partial charge in [-0.2, -0.15) is 5.26 Å². The highest BCUT2D eigenvalue weighted by molar-refractivity contribution is 5.78. The number of ether oxygens (including phenoxy) is 1. The zero-order valence-corrected chi connectivity index (χ0v) is 9.94. The summed E-state index contributed by atoms with van der Waals surface area (Å²) in [6.45, 7) is 3.27. The first-order chi connectivity index (χ1) is 8.17. The maximum Gasteiger partial charge on any atom is 0.407 e. The van der Waals surface area contributed by atoms with Gasteiger partial charge in [-0.25, -0.2) is 4.79 Å². The molecular formula is C11H17N3O3. The molecule has 1 rings (SSSR count). The summed E-state index contributed by atoms with van der Waals surface area (Å²) in [5.41, 5.74) is 0. The SMILES string of the molecule is CCOC(=O)NC1CCN(C(=O)CC#N)CC1. The van der Waals surface area contributed by atoms with Crippen LogP contribution in [0.1, 0.15) is 26.2 Å². The van der Waals surface area contributed by atoms with Crippen molar-refractivity contribution < 1.29 is 14.3 Å². The number of carbonyl (C=O) groups is 2. The van der Waals surface area contributed by atoms with E-state index >= 15 is 0 Å². The van der Waals surface area contributed by atoms with Crippen LogP contribution in [-0.4, -0.2) is 42.6 Å². The summed E-state index contributed by atoms with van der Waals surface area (Å²) in [5.74, 6) is -0.137. The second-order valence-corrected chi connectivity index (χ2v) is 3.85. The van der Waals surface area contributed by atoms with Gasteiger partial charge in [0.25, 0.3) is 0 Å². The minimum atomic E-state index is -0.408. The van der Waals surface area contributed by atoms with Gasteiger partial charge in [-0.15, -0.1) is 0 Å². The molecule has 6 nitrogen and oxygen atoms in total. The van der Waals surface area contributed by atoms with E-state index in [4.69, 9.17) is 10.00 Å². The molecule has 17 heavy (non-hydrogen) atoms. The molecule has 1 aliphatic rings. The molecule has 0 radical (unpaired) electrons. The lowest BCUT2D eigenvalue weighted by molar-refractivity contribution is -0.131. The summed E-state index contributed by atoms with van der Waals surface area (Å²) in [6, 6.07) is 1.90. The van der Waals surface area contributed by atoms with Gasteiger partial charge in [-0.3, -0.25) is 4.79 Å². The predicted octanol–water partition coefficient (Wildman–Crippen LogP) is 0.637. The van der Waals surface area contributed by atoms with Gasteiger partial charge < -0.3 is 15.0 Å². The second kappa shape index (κ2) is 6.74. The Labute approximate surface area is 101 Å². The van der Waals surface area contributed by atoms with Crippen molar-refractivity contribution in [3.8, 4) is 6.07 Å². The van der Waals surface area contributed by atoms with Crippen molar-refractivity contribution in [3.63, 3.8) is 0 Å². The minimum absolute atomic E-state index is 0.0557. The molecule has 0 aromatic carbocycles. The smallest absolute Gasteiger partial charge is 0.407 e. The van der Waals surface area contributed by atoms with Gasteiger partial charge in [-0.05, 0) is 19.8 Å². The van der Waals surface area contributed by atoms with E-state index in [9.17, 15) is 9.59 Å². The molecule has 0 aromatic heterocycles. The Morgan fingerprint density at radius 1 is 1.47 bits per heavy atom. The lowest BCUT2D eigenvalue weighted by Crippen LogP contribution is -2.46. The van der Waals surface area contributed by atoms with Crippen LogP contribution in [0.15, 0.2) is 0 Å². The molecule has 94 valence electrons. The first-order valence-electron chi connectivity index (χ1n) is 5.75. The van der Waals surface area contributed by atoms with Gasteiger partial charge in [0, 0.05) is 19.1 Å². The Morgan fingerprint density at radius 3 is 2.65 bits per heavy atom. The van der Waals surface area contributed by atoms with Crippen LogP contribution in [0.4, 0.5) is 4.79 Å². The molecule has 1 saturated heterocycles. The third-order valence-corrected chi connectivity index (χ3v) is 2.68. The van der Waals surface area contributed by atoms with Crippen molar-refractivity contribution >= 4 is 12.0 Å². The molecule has 0 bridgehead atoms. The molecule has 1 fully saturated rings. The number of hydrogen-bond donors (Lipinski definition) is 1. The molecule has 0 saturated carbocycles. The van der Waals surface area contributed by atoms with Gasteiger partial charge >= 0.3 is 6.09 Å². The summed E-state index contributed by atoms with van der Waals surface area (Å²) < 4.78 is 4.78. The maximum atomic E-state index is 11.4. The third kappa shape index (κ3) is 4.31.